The fourth-order valence-electron chi connectivity index (χ4n) is 2.79. The van der Waals surface area contributed by atoms with E-state index in [1.54, 1.807) is 80.8 Å². The Balaban J connectivity index is 1.51. The number of methoxy groups -OCH3 is 1. The van der Waals surface area contributed by atoms with E-state index < -0.39 is 18.5 Å². The third-order valence-corrected chi connectivity index (χ3v) is 4.48. The fourth-order valence-corrected chi connectivity index (χ4v) is 2.79. The predicted octanol–water partition coefficient (Wildman–Crippen LogP) is 4.05. The van der Waals surface area contributed by atoms with Crippen LogP contribution in [-0.4, -0.2) is 31.5 Å². The van der Waals surface area contributed by atoms with Crippen molar-refractivity contribution in [3.63, 3.8) is 0 Å². The standard InChI is InChI=1S/C24H22N2O5/c1-16-5-3-4-6-21(16)24(29)31-15-22(27)25-18-9-7-17(8-10-18)23(28)26-19-11-13-20(30-2)14-12-19/h3-14H,15H2,1-2H3,(H,25,27)(H,26,28). The molecule has 0 aliphatic carbocycles. The molecule has 31 heavy (non-hydrogen) atoms. The molecular formula is C24H22N2O5. The summed E-state index contributed by atoms with van der Waals surface area (Å²) in [6, 6.07) is 20.4. The van der Waals surface area contributed by atoms with Crippen LogP contribution in [0.25, 0.3) is 0 Å². The van der Waals surface area contributed by atoms with Gasteiger partial charge in [0.1, 0.15) is 5.75 Å². The van der Waals surface area contributed by atoms with E-state index in [0.717, 1.165) is 5.56 Å². The molecule has 0 aliphatic heterocycles. The first-order valence-corrected chi connectivity index (χ1v) is 9.54. The molecule has 2 N–H and O–H groups in total. The van der Waals surface area contributed by atoms with Crippen molar-refractivity contribution in [2.45, 2.75) is 6.92 Å². The number of esters is 1. The van der Waals surface area contributed by atoms with Crippen LogP contribution in [-0.2, 0) is 9.53 Å². The molecular weight excluding hydrogens is 396 g/mol. The van der Waals surface area contributed by atoms with Gasteiger partial charge >= 0.3 is 5.97 Å². The summed E-state index contributed by atoms with van der Waals surface area (Å²) in [5.41, 5.74) is 2.75. The summed E-state index contributed by atoms with van der Waals surface area (Å²) in [4.78, 5) is 36.5. The molecule has 3 rings (SSSR count). The highest BCUT2D eigenvalue weighted by atomic mass is 16.5. The molecule has 0 spiro atoms. The predicted molar refractivity (Wildman–Crippen MR) is 117 cm³/mol. The monoisotopic (exact) mass is 418 g/mol. The van der Waals surface area contributed by atoms with Gasteiger partial charge in [0, 0.05) is 16.9 Å². The molecule has 0 radical (unpaired) electrons. The number of hydrogen-bond donors (Lipinski definition) is 2. The highest BCUT2D eigenvalue weighted by Crippen LogP contribution is 2.17. The van der Waals surface area contributed by atoms with E-state index in [4.69, 9.17) is 9.47 Å². The van der Waals surface area contributed by atoms with Crippen LogP contribution in [0.2, 0.25) is 0 Å². The number of aryl methyl sites for hydroxylation is 1. The zero-order chi connectivity index (χ0) is 22.2. The number of carbonyl (C=O) groups excluding carboxylic acids is 3. The van der Waals surface area contributed by atoms with Crippen molar-refractivity contribution >= 4 is 29.2 Å². The number of hydrogen-bond acceptors (Lipinski definition) is 5. The Labute approximate surface area is 180 Å². The lowest BCUT2D eigenvalue weighted by molar-refractivity contribution is -0.119. The number of benzene rings is 3. The quantitative estimate of drug-likeness (QED) is 0.565. The Morgan fingerprint density at radius 1 is 0.806 bits per heavy atom. The number of nitrogens with one attached hydrogen (secondary N) is 2. The second kappa shape index (κ2) is 10.1. The summed E-state index contributed by atoms with van der Waals surface area (Å²) in [5.74, 6) is -0.617. The first-order valence-electron chi connectivity index (χ1n) is 9.54. The van der Waals surface area contributed by atoms with E-state index in [9.17, 15) is 14.4 Å². The molecule has 0 atom stereocenters. The summed E-state index contributed by atoms with van der Waals surface area (Å²) in [6.07, 6.45) is 0. The van der Waals surface area contributed by atoms with Crippen LogP contribution >= 0.6 is 0 Å². The second-order valence-electron chi connectivity index (χ2n) is 6.70. The molecule has 0 aliphatic rings. The molecule has 158 valence electrons. The lowest BCUT2D eigenvalue weighted by atomic mass is 10.1. The largest absolute Gasteiger partial charge is 0.497 e. The normalized spacial score (nSPS) is 10.1. The van der Waals surface area contributed by atoms with E-state index >= 15 is 0 Å². The van der Waals surface area contributed by atoms with E-state index in [1.165, 1.54) is 0 Å². The van der Waals surface area contributed by atoms with Crippen molar-refractivity contribution < 1.29 is 23.9 Å². The van der Waals surface area contributed by atoms with Gasteiger partial charge < -0.3 is 20.1 Å². The van der Waals surface area contributed by atoms with Crippen LogP contribution in [0, 0.1) is 6.92 Å². The first-order chi connectivity index (χ1) is 15.0. The summed E-state index contributed by atoms with van der Waals surface area (Å²) in [7, 11) is 1.57. The average Bonchev–Trinajstić information content (AvgIpc) is 2.78. The Morgan fingerprint density at radius 2 is 1.42 bits per heavy atom. The van der Waals surface area contributed by atoms with Crippen LogP contribution < -0.4 is 15.4 Å². The number of amides is 2. The van der Waals surface area contributed by atoms with E-state index in [-0.39, 0.29) is 5.91 Å². The third kappa shape index (κ3) is 5.93. The van der Waals surface area contributed by atoms with Gasteiger partial charge in [-0.2, -0.15) is 0 Å². The fraction of sp³-hybridized carbons (Fsp3) is 0.125. The highest BCUT2D eigenvalue weighted by Gasteiger charge is 2.13. The minimum absolute atomic E-state index is 0.282. The Kier molecular flexibility index (Phi) is 7.01. The topological polar surface area (TPSA) is 93.7 Å². The summed E-state index contributed by atoms with van der Waals surface area (Å²) in [5, 5.41) is 5.41. The van der Waals surface area contributed by atoms with Gasteiger partial charge in [-0.3, -0.25) is 9.59 Å². The van der Waals surface area contributed by atoms with Crippen LogP contribution in [0.1, 0.15) is 26.3 Å². The van der Waals surface area contributed by atoms with Crippen LogP contribution in [0.15, 0.2) is 72.8 Å². The van der Waals surface area contributed by atoms with Gasteiger partial charge in [-0.25, -0.2) is 4.79 Å². The molecule has 7 nitrogen and oxygen atoms in total. The lowest BCUT2D eigenvalue weighted by Crippen LogP contribution is -2.21. The zero-order valence-corrected chi connectivity index (χ0v) is 17.2. The lowest BCUT2D eigenvalue weighted by Gasteiger charge is -2.09. The summed E-state index contributed by atoms with van der Waals surface area (Å²) >= 11 is 0. The van der Waals surface area contributed by atoms with E-state index in [0.29, 0.717) is 28.3 Å². The Hall–Kier alpha value is -4.13. The zero-order valence-electron chi connectivity index (χ0n) is 17.2. The van der Waals surface area contributed by atoms with Crippen LogP contribution in [0.5, 0.6) is 5.75 Å². The van der Waals surface area contributed by atoms with Gasteiger partial charge in [0.25, 0.3) is 11.8 Å². The molecule has 0 saturated carbocycles. The van der Waals surface area contributed by atoms with Crippen molar-refractivity contribution in [3.8, 4) is 5.75 Å². The van der Waals surface area contributed by atoms with Crippen molar-refractivity contribution in [3.05, 3.63) is 89.5 Å². The third-order valence-electron chi connectivity index (χ3n) is 4.48. The van der Waals surface area contributed by atoms with Gasteiger partial charge in [-0.1, -0.05) is 18.2 Å². The Bertz CT molecular complexity index is 1080. The number of anilines is 2. The Morgan fingerprint density at radius 3 is 2.06 bits per heavy atom. The van der Waals surface area contributed by atoms with E-state index in [1.807, 2.05) is 6.07 Å². The summed E-state index contributed by atoms with van der Waals surface area (Å²) in [6.45, 7) is 1.38. The van der Waals surface area contributed by atoms with Gasteiger partial charge in [-0.15, -0.1) is 0 Å². The molecule has 2 amide bonds. The molecule has 0 heterocycles. The molecule has 0 saturated heterocycles. The minimum Gasteiger partial charge on any atom is -0.497 e. The van der Waals surface area contributed by atoms with Crippen LogP contribution in [0.4, 0.5) is 11.4 Å². The first kappa shape index (κ1) is 21.6. The van der Waals surface area contributed by atoms with Crippen LogP contribution in [0.3, 0.4) is 0 Å². The number of carbonyl (C=O) groups is 3. The average molecular weight is 418 g/mol. The maximum atomic E-state index is 12.4. The van der Waals surface area contributed by atoms with Crippen molar-refractivity contribution in [1.82, 2.24) is 0 Å². The minimum atomic E-state index is -0.557. The van der Waals surface area contributed by atoms with Gasteiger partial charge in [0.2, 0.25) is 0 Å². The SMILES string of the molecule is COc1ccc(NC(=O)c2ccc(NC(=O)COC(=O)c3ccccc3C)cc2)cc1. The van der Waals surface area contributed by atoms with Crippen molar-refractivity contribution in [1.29, 1.82) is 0 Å². The maximum absolute atomic E-state index is 12.4. The molecule has 7 heteroatoms. The summed E-state index contributed by atoms with van der Waals surface area (Å²) < 4.78 is 10.2. The smallest absolute Gasteiger partial charge is 0.338 e. The number of rotatable bonds is 7. The molecule has 3 aromatic rings. The van der Waals surface area contributed by atoms with Crippen molar-refractivity contribution in [2.24, 2.45) is 0 Å². The van der Waals surface area contributed by atoms with Gasteiger partial charge in [0.05, 0.1) is 12.7 Å². The van der Waals surface area contributed by atoms with Gasteiger partial charge in [0.15, 0.2) is 6.61 Å². The molecule has 3 aromatic carbocycles. The van der Waals surface area contributed by atoms with Gasteiger partial charge in [-0.05, 0) is 67.1 Å². The molecule has 0 fully saturated rings. The number of ether oxygens (including phenoxy) is 2. The molecule has 0 unspecified atom stereocenters. The maximum Gasteiger partial charge on any atom is 0.338 e. The highest BCUT2D eigenvalue weighted by molar-refractivity contribution is 6.04. The van der Waals surface area contributed by atoms with E-state index in [2.05, 4.69) is 10.6 Å². The molecule has 0 aromatic heterocycles. The second-order valence-corrected chi connectivity index (χ2v) is 6.70. The molecule has 0 bridgehead atoms. The van der Waals surface area contributed by atoms with Crippen molar-refractivity contribution in [2.75, 3.05) is 24.4 Å².